The molecular formula is C35H34N6O10S. The SMILES string of the molecule is COc1ccccc1Oc1c(NS(=O)(=O)c2ccc(C(C)(C)C)cc2)nc(-c2ncccn2)nc1OCCOC(=O)c1cccc(CO[N+](=O)[O-])c1. The maximum atomic E-state index is 13.8. The van der Waals surface area contributed by atoms with Crippen molar-refractivity contribution in [2.45, 2.75) is 37.7 Å². The lowest BCUT2D eigenvalue weighted by Gasteiger charge is -2.20. The highest BCUT2D eigenvalue weighted by Crippen LogP contribution is 2.41. The van der Waals surface area contributed by atoms with Gasteiger partial charge in [0.25, 0.3) is 21.0 Å². The van der Waals surface area contributed by atoms with Crippen LogP contribution in [0.4, 0.5) is 5.82 Å². The van der Waals surface area contributed by atoms with Gasteiger partial charge in [0.15, 0.2) is 23.1 Å². The van der Waals surface area contributed by atoms with E-state index in [-0.39, 0.29) is 70.5 Å². The molecule has 0 aliphatic rings. The minimum atomic E-state index is -4.26. The smallest absolute Gasteiger partial charge is 0.338 e. The molecule has 16 nitrogen and oxygen atoms in total. The highest BCUT2D eigenvalue weighted by molar-refractivity contribution is 7.92. The number of aromatic nitrogens is 4. The molecule has 2 aromatic heterocycles. The van der Waals surface area contributed by atoms with Gasteiger partial charge in [-0.15, -0.1) is 10.1 Å². The summed E-state index contributed by atoms with van der Waals surface area (Å²) < 4.78 is 53.0. The molecule has 270 valence electrons. The van der Waals surface area contributed by atoms with Crippen molar-refractivity contribution in [3.05, 3.63) is 118 Å². The Morgan fingerprint density at radius 3 is 2.27 bits per heavy atom. The van der Waals surface area contributed by atoms with Crippen molar-refractivity contribution in [3.63, 3.8) is 0 Å². The molecule has 5 aromatic rings. The van der Waals surface area contributed by atoms with Gasteiger partial charge in [0, 0.05) is 12.4 Å². The van der Waals surface area contributed by atoms with Crippen molar-refractivity contribution in [3.8, 4) is 34.8 Å². The molecule has 0 bridgehead atoms. The van der Waals surface area contributed by atoms with Gasteiger partial charge in [0.05, 0.1) is 17.6 Å². The van der Waals surface area contributed by atoms with Crippen LogP contribution in [0.25, 0.3) is 11.6 Å². The molecule has 2 heterocycles. The van der Waals surface area contributed by atoms with E-state index in [4.69, 9.17) is 18.9 Å². The number of ether oxygens (including phenoxy) is 4. The van der Waals surface area contributed by atoms with Gasteiger partial charge in [0.1, 0.15) is 19.8 Å². The Morgan fingerprint density at radius 2 is 1.60 bits per heavy atom. The van der Waals surface area contributed by atoms with Crippen molar-refractivity contribution in [2.75, 3.05) is 25.0 Å². The summed E-state index contributed by atoms with van der Waals surface area (Å²) in [7, 11) is -2.82. The van der Waals surface area contributed by atoms with Crippen LogP contribution in [0, 0.1) is 10.1 Å². The van der Waals surface area contributed by atoms with Gasteiger partial charge in [-0.05, 0) is 59.0 Å². The maximum Gasteiger partial charge on any atom is 0.338 e. The lowest BCUT2D eigenvalue weighted by Crippen LogP contribution is -2.18. The van der Waals surface area contributed by atoms with Crippen molar-refractivity contribution in [2.24, 2.45) is 0 Å². The number of sulfonamides is 1. The number of nitrogens with zero attached hydrogens (tertiary/aromatic N) is 5. The first kappa shape index (κ1) is 36.9. The summed E-state index contributed by atoms with van der Waals surface area (Å²) >= 11 is 0. The van der Waals surface area contributed by atoms with Gasteiger partial charge >= 0.3 is 5.97 Å². The Balaban J connectivity index is 1.48. The molecule has 0 aliphatic heterocycles. The molecule has 0 spiro atoms. The maximum absolute atomic E-state index is 13.8. The number of carbonyl (C=O) groups excluding carboxylic acids is 1. The zero-order valence-corrected chi connectivity index (χ0v) is 29.3. The summed E-state index contributed by atoms with van der Waals surface area (Å²) in [4.78, 5) is 44.9. The van der Waals surface area contributed by atoms with Gasteiger partial charge < -0.3 is 23.8 Å². The van der Waals surface area contributed by atoms with E-state index in [1.807, 2.05) is 20.8 Å². The van der Waals surface area contributed by atoms with Crippen molar-refractivity contribution < 1.29 is 42.1 Å². The average Bonchev–Trinajstić information content (AvgIpc) is 3.13. The number of benzene rings is 3. The third kappa shape index (κ3) is 9.45. The minimum absolute atomic E-state index is 0.0386. The van der Waals surface area contributed by atoms with Gasteiger partial charge in [-0.25, -0.2) is 28.2 Å². The molecule has 0 saturated heterocycles. The van der Waals surface area contributed by atoms with Crippen LogP contribution in [0.1, 0.15) is 42.3 Å². The number of esters is 1. The molecule has 0 fully saturated rings. The van der Waals surface area contributed by atoms with E-state index in [2.05, 4.69) is 29.5 Å². The van der Waals surface area contributed by atoms with E-state index in [0.29, 0.717) is 11.3 Å². The molecule has 3 aromatic carbocycles. The Kier molecular flexibility index (Phi) is 11.4. The highest BCUT2D eigenvalue weighted by Gasteiger charge is 2.26. The van der Waals surface area contributed by atoms with E-state index in [0.717, 1.165) is 5.56 Å². The Hall–Kier alpha value is -6.36. The molecule has 0 radical (unpaired) electrons. The molecule has 5 rings (SSSR count). The Labute approximate surface area is 298 Å². The van der Waals surface area contributed by atoms with Crippen LogP contribution in [-0.2, 0) is 31.6 Å². The monoisotopic (exact) mass is 730 g/mol. The molecule has 0 atom stereocenters. The Morgan fingerprint density at radius 1 is 0.885 bits per heavy atom. The van der Waals surface area contributed by atoms with Crippen LogP contribution in [0.15, 0.2) is 96.2 Å². The molecule has 17 heteroatoms. The lowest BCUT2D eigenvalue weighted by atomic mass is 9.87. The molecule has 1 N–H and O–H groups in total. The summed E-state index contributed by atoms with van der Waals surface area (Å²) in [5.41, 5.74) is 1.24. The van der Waals surface area contributed by atoms with Crippen LogP contribution in [0.3, 0.4) is 0 Å². The topological polar surface area (TPSA) is 204 Å². The second-order valence-corrected chi connectivity index (χ2v) is 13.6. The summed E-state index contributed by atoms with van der Waals surface area (Å²) in [5.74, 6) is -1.05. The first-order valence-electron chi connectivity index (χ1n) is 15.6. The first-order chi connectivity index (χ1) is 24.8. The standard InChI is InChI=1S/C35H34N6O10S/c1-35(2,3)25-13-15-26(16-14-25)52(45,46)40-30-29(51-28-12-6-5-11-27(28)47-4)33(39-32(38-30)31-36-17-8-18-37-31)48-19-20-49-34(42)24-10-7-9-23(21-24)22-50-41(43)44/h5-18,21H,19-20,22H2,1-4H3,(H,38,39,40). The van der Waals surface area contributed by atoms with E-state index in [1.54, 1.807) is 48.5 Å². The van der Waals surface area contributed by atoms with E-state index < -0.39 is 21.1 Å². The van der Waals surface area contributed by atoms with Crippen LogP contribution >= 0.6 is 0 Å². The number of hydrogen-bond acceptors (Lipinski definition) is 14. The van der Waals surface area contributed by atoms with Crippen molar-refractivity contribution >= 4 is 21.8 Å². The second kappa shape index (κ2) is 16.1. The number of nitrogens with one attached hydrogen (secondary N) is 1. The second-order valence-electron chi connectivity index (χ2n) is 11.9. The average molecular weight is 731 g/mol. The number of anilines is 1. The lowest BCUT2D eigenvalue weighted by molar-refractivity contribution is -0.763. The van der Waals surface area contributed by atoms with E-state index in [1.165, 1.54) is 49.8 Å². The predicted octanol–water partition coefficient (Wildman–Crippen LogP) is 5.78. The van der Waals surface area contributed by atoms with Gasteiger partial charge in [-0.1, -0.05) is 57.2 Å². The molecule has 52 heavy (non-hydrogen) atoms. The fourth-order valence-corrected chi connectivity index (χ4v) is 5.61. The van der Waals surface area contributed by atoms with Gasteiger partial charge in [-0.2, -0.15) is 4.98 Å². The molecule has 0 aliphatic carbocycles. The minimum Gasteiger partial charge on any atom is -0.493 e. The molecule has 0 saturated carbocycles. The fraction of sp³-hybridized carbons (Fsp3) is 0.229. The molecule has 0 amide bonds. The summed E-state index contributed by atoms with van der Waals surface area (Å²) in [6.45, 7) is 5.14. The number of para-hydroxylation sites is 2. The zero-order valence-electron chi connectivity index (χ0n) is 28.5. The van der Waals surface area contributed by atoms with E-state index in [9.17, 15) is 23.3 Å². The van der Waals surface area contributed by atoms with Crippen LogP contribution in [-0.4, -0.2) is 59.7 Å². The number of methoxy groups -OCH3 is 1. The van der Waals surface area contributed by atoms with Gasteiger partial charge in [0.2, 0.25) is 11.6 Å². The van der Waals surface area contributed by atoms with Crippen LogP contribution < -0.4 is 18.9 Å². The largest absolute Gasteiger partial charge is 0.493 e. The molecule has 0 unspecified atom stereocenters. The summed E-state index contributed by atoms with van der Waals surface area (Å²) in [5, 5.41) is 9.62. The third-order valence-corrected chi connectivity index (χ3v) is 8.55. The third-order valence-electron chi connectivity index (χ3n) is 7.20. The summed E-state index contributed by atoms with van der Waals surface area (Å²) in [6, 6.07) is 20.6. The Bertz CT molecular complexity index is 2140. The van der Waals surface area contributed by atoms with Crippen LogP contribution in [0.2, 0.25) is 0 Å². The number of hydrogen-bond donors (Lipinski definition) is 1. The summed E-state index contributed by atoms with van der Waals surface area (Å²) in [6.07, 6.45) is 2.92. The first-order valence-corrected chi connectivity index (χ1v) is 17.1. The van der Waals surface area contributed by atoms with Crippen molar-refractivity contribution in [1.82, 2.24) is 19.9 Å². The number of carbonyl (C=O) groups is 1. The fourth-order valence-electron chi connectivity index (χ4n) is 4.61. The van der Waals surface area contributed by atoms with Gasteiger partial charge in [-0.3, -0.25) is 4.72 Å². The van der Waals surface area contributed by atoms with Crippen molar-refractivity contribution in [1.29, 1.82) is 0 Å². The zero-order chi connectivity index (χ0) is 37.3. The highest BCUT2D eigenvalue weighted by atomic mass is 32.2. The predicted molar refractivity (Wildman–Crippen MR) is 186 cm³/mol. The normalized spacial score (nSPS) is 11.3. The molecular weight excluding hydrogens is 696 g/mol. The van der Waals surface area contributed by atoms with Crippen LogP contribution in [0.5, 0.6) is 23.1 Å². The van der Waals surface area contributed by atoms with E-state index >= 15 is 0 Å². The number of rotatable bonds is 15. The quantitative estimate of drug-likeness (QED) is 0.0587.